The molecule has 4 aliphatic rings. The van der Waals surface area contributed by atoms with Gasteiger partial charge in [-0.3, -0.25) is 24.7 Å². The number of pyridine rings is 1. The smallest absolute Gasteiger partial charge is 0.314 e. The minimum Gasteiger partial charge on any atom is -0.481 e. The van der Waals surface area contributed by atoms with Crippen LogP contribution < -0.4 is 9.47 Å². The molecule has 1 unspecified atom stereocenters. The molecule has 2 aromatic heterocycles. The molecule has 5 aromatic rings. The van der Waals surface area contributed by atoms with E-state index >= 15 is 0 Å². The average molecular weight is 780 g/mol. The Balaban J connectivity index is 1.02. The molecule has 2 fully saturated rings. The van der Waals surface area contributed by atoms with E-state index in [9.17, 15) is 25.1 Å². The summed E-state index contributed by atoms with van der Waals surface area (Å²) >= 11 is 6.76. The Morgan fingerprint density at radius 2 is 1.79 bits per heavy atom. The van der Waals surface area contributed by atoms with Crippen LogP contribution >= 0.6 is 11.6 Å². The molecule has 0 spiro atoms. The zero-order valence-electron chi connectivity index (χ0n) is 31.2. The molecule has 13 nitrogen and oxygen atoms in total. The normalized spacial score (nSPS) is 21.2. The van der Waals surface area contributed by atoms with Crippen LogP contribution in [0.15, 0.2) is 52.9 Å². The van der Waals surface area contributed by atoms with Crippen molar-refractivity contribution in [3.05, 3.63) is 97.0 Å². The SMILES string of the molecule is COc1nc(O[C@H]2CCc3c(-c4cccc(-c5nc6c7c(cc([N+](=O)[O-])c6o5)C(N5CC(C(=O)O)C5)CCC7)c4C)cccc32)c(Cl)cc1CN1CC[C@@H](O)C1. The van der Waals surface area contributed by atoms with Crippen LogP contribution in [0.5, 0.6) is 11.8 Å². The highest BCUT2D eigenvalue weighted by Crippen LogP contribution is 2.47. The van der Waals surface area contributed by atoms with Gasteiger partial charge in [0, 0.05) is 56.0 Å². The maximum Gasteiger partial charge on any atom is 0.314 e. The van der Waals surface area contributed by atoms with Crippen molar-refractivity contribution in [3.8, 4) is 34.3 Å². The summed E-state index contributed by atoms with van der Waals surface area (Å²) in [5.74, 6) is -0.160. The third-order valence-electron chi connectivity index (χ3n) is 12.1. The predicted molar refractivity (Wildman–Crippen MR) is 208 cm³/mol. The van der Waals surface area contributed by atoms with E-state index < -0.39 is 16.8 Å². The first-order chi connectivity index (χ1) is 27.1. The largest absolute Gasteiger partial charge is 0.481 e. The van der Waals surface area contributed by atoms with Gasteiger partial charge in [-0.25, -0.2) is 4.98 Å². The van der Waals surface area contributed by atoms with Crippen LogP contribution in [0.1, 0.15) is 71.2 Å². The maximum absolute atomic E-state index is 12.4. The van der Waals surface area contributed by atoms with Gasteiger partial charge in [0.2, 0.25) is 23.2 Å². The number of rotatable bonds is 10. The number of nitro benzene ring substituents is 1. The molecule has 56 heavy (non-hydrogen) atoms. The van der Waals surface area contributed by atoms with E-state index in [1.165, 1.54) is 0 Å². The molecule has 9 rings (SSSR count). The van der Waals surface area contributed by atoms with Gasteiger partial charge >= 0.3 is 11.7 Å². The molecule has 290 valence electrons. The number of aryl methyl sites for hydroxylation is 1. The number of halogens is 1. The lowest BCUT2D eigenvalue weighted by atomic mass is 9.83. The van der Waals surface area contributed by atoms with Crippen molar-refractivity contribution < 1.29 is 33.8 Å². The van der Waals surface area contributed by atoms with Crippen molar-refractivity contribution in [1.29, 1.82) is 0 Å². The fourth-order valence-corrected chi connectivity index (χ4v) is 9.44. The second kappa shape index (κ2) is 14.5. The number of ether oxygens (including phenoxy) is 2. The van der Waals surface area contributed by atoms with Gasteiger partial charge in [0.15, 0.2) is 0 Å². The third-order valence-corrected chi connectivity index (χ3v) is 12.4. The Kier molecular flexibility index (Phi) is 9.43. The van der Waals surface area contributed by atoms with Crippen LogP contribution in [0.4, 0.5) is 5.69 Å². The Morgan fingerprint density at radius 1 is 1.00 bits per heavy atom. The Labute approximate surface area is 328 Å². The van der Waals surface area contributed by atoms with Crippen molar-refractivity contribution in [2.45, 2.75) is 70.2 Å². The highest BCUT2D eigenvalue weighted by atomic mass is 35.5. The van der Waals surface area contributed by atoms with Crippen LogP contribution in [0.25, 0.3) is 33.7 Å². The van der Waals surface area contributed by atoms with Gasteiger partial charge in [0.1, 0.15) is 16.6 Å². The van der Waals surface area contributed by atoms with Crippen molar-refractivity contribution in [3.63, 3.8) is 0 Å². The highest BCUT2D eigenvalue weighted by molar-refractivity contribution is 6.31. The lowest BCUT2D eigenvalue weighted by Gasteiger charge is -2.44. The number of aliphatic hydroxyl groups is 1. The molecule has 2 saturated heterocycles. The quantitative estimate of drug-likeness (QED) is 0.106. The summed E-state index contributed by atoms with van der Waals surface area (Å²) in [6.45, 7) is 4.83. The number of aliphatic hydroxyl groups excluding tert-OH is 1. The van der Waals surface area contributed by atoms with E-state index in [1.54, 1.807) is 13.2 Å². The van der Waals surface area contributed by atoms with Crippen LogP contribution in [0, 0.1) is 23.0 Å². The number of likely N-dealkylation sites (tertiary alicyclic amines) is 2. The van der Waals surface area contributed by atoms with Gasteiger partial charge in [0.25, 0.3) is 0 Å². The first-order valence-corrected chi connectivity index (χ1v) is 19.6. The number of non-ortho nitro benzene ring substituents is 1. The van der Waals surface area contributed by atoms with E-state index in [0.29, 0.717) is 60.8 Å². The molecule has 2 aliphatic carbocycles. The molecule has 2 aliphatic heterocycles. The molecule has 0 radical (unpaired) electrons. The number of carboxylic acid groups (broad SMARTS) is 1. The second-order valence-electron chi connectivity index (χ2n) is 15.4. The van der Waals surface area contributed by atoms with E-state index in [-0.39, 0.29) is 29.5 Å². The van der Waals surface area contributed by atoms with E-state index in [1.807, 2.05) is 31.2 Å². The van der Waals surface area contributed by atoms with Gasteiger partial charge in [0.05, 0.1) is 24.1 Å². The van der Waals surface area contributed by atoms with Gasteiger partial charge < -0.3 is 24.1 Å². The number of methoxy groups -OCH3 is 1. The van der Waals surface area contributed by atoms with Crippen molar-refractivity contribution in [1.82, 2.24) is 19.8 Å². The lowest BCUT2D eigenvalue weighted by molar-refractivity contribution is -0.383. The molecule has 3 atom stereocenters. The number of fused-ring (bicyclic) bond motifs is 4. The molecule has 0 amide bonds. The van der Waals surface area contributed by atoms with Crippen LogP contribution in [0.2, 0.25) is 5.02 Å². The average Bonchev–Trinajstić information content (AvgIpc) is 3.90. The number of nitrogens with zero attached hydrogens (tertiary/aromatic N) is 5. The van der Waals surface area contributed by atoms with Gasteiger partial charge in [-0.05, 0) is 96.5 Å². The van der Waals surface area contributed by atoms with Gasteiger partial charge in [-0.1, -0.05) is 41.9 Å². The first-order valence-electron chi connectivity index (χ1n) is 19.2. The van der Waals surface area contributed by atoms with Crippen LogP contribution in [-0.2, 0) is 24.2 Å². The molecular weight excluding hydrogens is 738 g/mol. The fraction of sp³-hybridized carbons (Fsp3) is 0.405. The molecular formula is C42H42ClN5O8. The van der Waals surface area contributed by atoms with E-state index in [0.717, 1.165) is 88.7 Å². The minimum absolute atomic E-state index is 0.0977. The number of carbonyl (C=O) groups is 1. The number of hydrogen-bond acceptors (Lipinski definition) is 11. The number of benzene rings is 3. The van der Waals surface area contributed by atoms with Crippen LogP contribution in [0.3, 0.4) is 0 Å². The third kappa shape index (κ3) is 6.36. The van der Waals surface area contributed by atoms with Gasteiger partial charge in [-0.15, -0.1) is 0 Å². The topological polar surface area (TPSA) is 165 Å². The van der Waals surface area contributed by atoms with E-state index in [4.69, 9.17) is 30.5 Å². The number of aromatic nitrogens is 2. The summed E-state index contributed by atoms with van der Waals surface area (Å²) in [5.41, 5.74) is 9.09. The zero-order chi connectivity index (χ0) is 38.8. The minimum atomic E-state index is -0.813. The summed E-state index contributed by atoms with van der Waals surface area (Å²) in [5, 5.41) is 32.3. The monoisotopic (exact) mass is 779 g/mol. The van der Waals surface area contributed by atoms with E-state index in [2.05, 4.69) is 33.0 Å². The number of β-amino-alcohol motifs (C(OH)–C–C–N with tert-alkyl or cyclic N) is 1. The van der Waals surface area contributed by atoms with Crippen LogP contribution in [-0.4, -0.2) is 80.3 Å². The molecule has 2 N–H and O–H groups in total. The zero-order valence-corrected chi connectivity index (χ0v) is 31.9. The van der Waals surface area contributed by atoms with Crippen molar-refractivity contribution >= 4 is 34.4 Å². The second-order valence-corrected chi connectivity index (χ2v) is 15.8. The first kappa shape index (κ1) is 36.6. The lowest BCUT2D eigenvalue weighted by Crippen LogP contribution is -2.52. The standard InChI is InChI=1S/C42H42ClN5O8/c1-22-26(28-8-4-9-30-29(28)12-13-36(30)55-41-33(43)16-23(39(45-41)54-2)18-46-15-14-25(49)21-46)6-3-7-27(22)40-44-37-31-10-5-11-34(47-19-24(20-47)42(50)51)32(31)17-35(48(52)53)38(37)56-40/h3-4,6-9,16-17,24-25,34,36,49H,5,10-15,18-21H2,1-2H3,(H,50,51)/t25-,34?,36+/m1/s1. The Bertz CT molecular complexity index is 2390. The molecule has 14 heteroatoms. The maximum atomic E-state index is 12.4. The summed E-state index contributed by atoms with van der Waals surface area (Å²) < 4.78 is 18.5. The number of carboxylic acids is 1. The summed E-state index contributed by atoms with van der Waals surface area (Å²) in [6, 6.07) is 15.5. The summed E-state index contributed by atoms with van der Waals surface area (Å²) in [7, 11) is 1.58. The molecule has 3 aromatic carbocycles. The number of oxazole rings is 1. The van der Waals surface area contributed by atoms with Crippen molar-refractivity contribution in [2.24, 2.45) is 5.92 Å². The Morgan fingerprint density at radius 3 is 2.54 bits per heavy atom. The molecule has 0 bridgehead atoms. The number of aliphatic carboxylic acids is 1. The fourth-order valence-electron chi connectivity index (χ4n) is 9.22. The highest BCUT2D eigenvalue weighted by Gasteiger charge is 2.41. The Hall–Kier alpha value is -5.08. The number of hydrogen-bond donors (Lipinski definition) is 2. The summed E-state index contributed by atoms with van der Waals surface area (Å²) in [4.78, 5) is 37.4. The van der Waals surface area contributed by atoms with Crippen molar-refractivity contribution in [2.75, 3.05) is 33.3 Å². The molecule has 4 heterocycles. The predicted octanol–water partition coefficient (Wildman–Crippen LogP) is 7.46. The number of nitro groups is 1. The van der Waals surface area contributed by atoms with Gasteiger partial charge in [-0.2, -0.15) is 4.98 Å². The summed E-state index contributed by atoms with van der Waals surface area (Å²) in [6.07, 6.45) is 4.01. The molecule has 0 saturated carbocycles.